The van der Waals surface area contributed by atoms with Crippen molar-refractivity contribution < 1.29 is 4.42 Å². The normalized spacial score (nSPS) is 14.3. The summed E-state index contributed by atoms with van der Waals surface area (Å²) in [6, 6.07) is 56.3. The zero-order chi connectivity index (χ0) is 37.7. The second-order valence-electron chi connectivity index (χ2n) is 16.4. The minimum absolute atomic E-state index is 0.139. The second kappa shape index (κ2) is 12.4. The molecule has 3 aliphatic rings. The number of hydrogen-bond acceptors (Lipinski definition) is 3. The number of aryl methyl sites for hydroxylation is 2. The molecule has 11 rings (SSSR count). The third-order valence-corrected chi connectivity index (χ3v) is 12.6. The van der Waals surface area contributed by atoms with E-state index in [0.29, 0.717) is 0 Å². The monoisotopic (exact) mass is 722 g/mol. The lowest BCUT2D eigenvalue weighted by Gasteiger charge is -2.46. The molecule has 0 unspecified atom stereocenters. The summed E-state index contributed by atoms with van der Waals surface area (Å²) in [6.45, 7) is 9.20. The Morgan fingerprint density at radius 2 is 1.36 bits per heavy atom. The molecule has 1 aromatic heterocycles. The van der Waals surface area contributed by atoms with E-state index in [1.54, 1.807) is 0 Å². The van der Waals surface area contributed by atoms with Crippen LogP contribution in [0.15, 0.2) is 156 Å². The summed E-state index contributed by atoms with van der Waals surface area (Å²) in [5, 5.41) is 1.15. The molecule has 0 radical (unpaired) electrons. The standard InChI is InChI=1S/C52H43BN2O/c1-5-6-17-34-26-29-44(41(32-34)35-18-9-7-10-19-35)54-45-31-33(2)30-42-39-28-27-38-37-22-13-15-24-43(37)52(3,4)47(38)50(39)55(36-20-11-8-12-21-36)53(48(42)45)49-40-23-14-16-25-46(40)56-51(49)54/h7-16,18-32H,5-6,17H2,1-4H3. The zero-order valence-electron chi connectivity index (χ0n) is 32.4. The molecule has 1 aliphatic carbocycles. The Labute approximate surface area is 330 Å². The number of unbranched alkanes of at least 4 members (excludes halogenated alkanes) is 1. The van der Waals surface area contributed by atoms with Crippen molar-refractivity contribution in [2.24, 2.45) is 0 Å². The van der Waals surface area contributed by atoms with Crippen LogP contribution in [0.1, 0.15) is 55.9 Å². The van der Waals surface area contributed by atoms with E-state index in [1.807, 2.05) is 0 Å². The van der Waals surface area contributed by atoms with E-state index in [9.17, 15) is 0 Å². The molecule has 56 heavy (non-hydrogen) atoms. The maximum atomic E-state index is 7.19. The van der Waals surface area contributed by atoms with Gasteiger partial charge in [0.2, 0.25) is 5.88 Å². The van der Waals surface area contributed by atoms with Crippen LogP contribution in [0.4, 0.5) is 28.6 Å². The number of rotatable bonds is 6. The van der Waals surface area contributed by atoms with E-state index in [2.05, 4.69) is 189 Å². The van der Waals surface area contributed by atoms with E-state index in [-0.39, 0.29) is 12.3 Å². The van der Waals surface area contributed by atoms with Gasteiger partial charge < -0.3 is 9.23 Å². The van der Waals surface area contributed by atoms with Crippen molar-refractivity contribution in [1.82, 2.24) is 0 Å². The van der Waals surface area contributed by atoms with Crippen molar-refractivity contribution in [3.8, 4) is 33.4 Å². The summed E-state index contributed by atoms with van der Waals surface area (Å²) in [4.78, 5) is 5.11. The zero-order valence-corrected chi connectivity index (χ0v) is 32.4. The Balaban J connectivity index is 1.27. The van der Waals surface area contributed by atoms with Gasteiger partial charge in [0.05, 0.1) is 5.69 Å². The fourth-order valence-corrected chi connectivity index (χ4v) is 10.2. The Morgan fingerprint density at radius 3 is 2.18 bits per heavy atom. The molecule has 0 bridgehead atoms. The van der Waals surface area contributed by atoms with Crippen molar-refractivity contribution in [3.05, 3.63) is 174 Å². The van der Waals surface area contributed by atoms with Gasteiger partial charge in [0.25, 0.3) is 0 Å². The first kappa shape index (κ1) is 33.1. The van der Waals surface area contributed by atoms with E-state index in [1.165, 1.54) is 96.5 Å². The van der Waals surface area contributed by atoms with Gasteiger partial charge in [0, 0.05) is 44.5 Å². The topological polar surface area (TPSA) is 19.6 Å². The SMILES string of the molecule is CCCCc1ccc(N2c3cc(C)cc4c3B(c3c2oc2ccccc32)N(c2ccccc2)c2c-4ccc3c2C(C)(C)c2ccccc2-3)c(-c2ccccc2)c1. The molecule has 0 amide bonds. The van der Waals surface area contributed by atoms with Crippen LogP contribution in [0, 0.1) is 6.92 Å². The maximum Gasteiger partial charge on any atom is 0.337 e. The third kappa shape index (κ3) is 4.65. The Hall–Kier alpha value is -6.26. The number of fused-ring (bicyclic) bond motifs is 10. The molecule has 0 spiro atoms. The van der Waals surface area contributed by atoms with Crippen molar-refractivity contribution in [3.63, 3.8) is 0 Å². The Bertz CT molecular complexity index is 2850. The molecule has 7 aromatic carbocycles. The van der Waals surface area contributed by atoms with Gasteiger partial charge in [-0.25, -0.2) is 0 Å². The summed E-state index contributed by atoms with van der Waals surface area (Å²) in [5.74, 6) is 0.887. The average molecular weight is 723 g/mol. The summed E-state index contributed by atoms with van der Waals surface area (Å²) in [6.07, 6.45) is 3.39. The quantitative estimate of drug-likeness (QED) is 0.159. The van der Waals surface area contributed by atoms with Gasteiger partial charge in [-0.2, -0.15) is 0 Å². The molecule has 8 aromatic rings. The molecule has 4 heteroatoms. The van der Waals surface area contributed by atoms with Crippen LogP contribution in [0.3, 0.4) is 0 Å². The summed E-state index contributed by atoms with van der Waals surface area (Å²) < 4.78 is 7.19. The number of anilines is 5. The third-order valence-electron chi connectivity index (χ3n) is 12.6. The highest BCUT2D eigenvalue weighted by molar-refractivity contribution is 6.95. The van der Waals surface area contributed by atoms with Gasteiger partial charge in [-0.05, 0) is 106 Å². The van der Waals surface area contributed by atoms with Crippen LogP contribution in [0.5, 0.6) is 0 Å². The van der Waals surface area contributed by atoms with Gasteiger partial charge in [-0.1, -0.05) is 142 Å². The fourth-order valence-electron chi connectivity index (χ4n) is 10.2. The Morgan fingerprint density at radius 1 is 0.625 bits per heavy atom. The molecule has 0 saturated carbocycles. The largest absolute Gasteiger partial charge is 0.440 e. The van der Waals surface area contributed by atoms with Gasteiger partial charge >= 0.3 is 6.85 Å². The first-order chi connectivity index (χ1) is 27.4. The van der Waals surface area contributed by atoms with Crippen molar-refractivity contribution in [1.29, 1.82) is 0 Å². The smallest absolute Gasteiger partial charge is 0.337 e. The van der Waals surface area contributed by atoms with Crippen LogP contribution >= 0.6 is 0 Å². The fraction of sp³-hybridized carbons (Fsp3) is 0.154. The molecule has 0 saturated heterocycles. The highest BCUT2D eigenvalue weighted by Crippen LogP contribution is 2.58. The van der Waals surface area contributed by atoms with Crippen LogP contribution in [0.25, 0.3) is 44.3 Å². The molecule has 3 nitrogen and oxygen atoms in total. The Kier molecular flexibility index (Phi) is 7.32. The molecule has 3 heterocycles. The van der Waals surface area contributed by atoms with Crippen LogP contribution in [0.2, 0.25) is 0 Å². The predicted octanol–water partition coefficient (Wildman–Crippen LogP) is 12.8. The van der Waals surface area contributed by atoms with Gasteiger partial charge in [-0.3, -0.25) is 4.90 Å². The number of hydrogen-bond donors (Lipinski definition) is 0. The van der Waals surface area contributed by atoms with Gasteiger partial charge in [0.1, 0.15) is 5.58 Å². The first-order valence-corrected chi connectivity index (χ1v) is 20.2. The minimum Gasteiger partial charge on any atom is -0.440 e. The lowest BCUT2D eigenvalue weighted by molar-refractivity contribution is 0.622. The van der Waals surface area contributed by atoms with E-state index >= 15 is 0 Å². The maximum absolute atomic E-state index is 7.19. The summed E-state index contributed by atoms with van der Waals surface area (Å²) in [7, 11) is 0. The van der Waals surface area contributed by atoms with E-state index in [4.69, 9.17) is 4.42 Å². The predicted molar refractivity (Wildman–Crippen MR) is 236 cm³/mol. The van der Waals surface area contributed by atoms with Crippen molar-refractivity contribution >= 4 is 57.4 Å². The number of furan rings is 1. The minimum atomic E-state index is -0.208. The van der Waals surface area contributed by atoms with Crippen LogP contribution < -0.4 is 20.6 Å². The second-order valence-corrected chi connectivity index (χ2v) is 16.4. The molecular formula is C52H43BN2O. The van der Waals surface area contributed by atoms with Crippen molar-refractivity contribution in [2.45, 2.75) is 52.4 Å². The molecular weight excluding hydrogens is 679 g/mol. The lowest BCUT2D eigenvalue weighted by atomic mass is 9.43. The van der Waals surface area contributed by atoms with Crippen molar-refractivity contribution in [2.75, 3.05) is 9.71 Å². The molecule has 0 fully saturated rings. The van der Waals surface area contributed by atoms with Crippen LogP contribution in [-0.4, -0.2) is 6.85 Å². The summed E-state index contributed by atoms with van der Waals surface area (Å²) >= 11 is 0. The first-order valence-electron chi connectivity index (χ1n) is 20.2. The van der Waals surface area contributed by atoms with E-state index in [0.717, 1.165) is 29.0 Å². The van der Waals surface area contributed by atoms with Gasteiger partial charge in [0.15, 0.2) is 0 Å². The van der Waals surface area contributed by atoms with Gasteiger partial charge in [-0.15, -0.1) is 0 Å². The highest BCUT2D eigenvalue weighted by Gasteiger charge is 2.51. The molecule has 0 N–H and O–H groups in total. The number of para-hydroxylation sites is 2. The highest BCUT2D eigenvalue weighted by atomic mass is 16.4. The number of benzene rings is 7. The van der Waals surface area contributed by atoms with Crippen LogP contribution in [-0.2, 0) is 11.8 Å². The molecule has 2 aliphatic heterocycles. The average Bonchev–Trinajstić information content (AvgIpc) is 3.73. The van der Waals surface area contributed by atoms with E-state index < -0.39 is 0 Å². The lowest BCUT2D eigenvalue weighted by Crippen LogP contribution is -2.61. The molecule has 270 valence electrons. The molecule has 0 atom stereocenters. The summed E-state index contributed by atoms with van der Waals surface area (Å²) in [5.41, 5.74) is 21.0. The number of nitrogens with zero attached hydrogens (tertiary/aromatic N) is 2.